The lowest BCUT2D eigenvalue weighted by molar-refractivity contribution is 0.554. The Morgan fingerprint density at radius 2 is 2.12 bits per heavy atom. The van der Waals surface area contributed by atoms with E-state index in [4.69, 9.17) is 11.6 Å². The molecule has 0 bridgehead atoms. The van der Waals surface area contributed by atoms with Gasteiger partial charge >= 0.3 is 0 Å². The van der Waals surface area contributed by atoms with E-state index >= 15 is 0 Å². The molecule has 0 spiro atoms. The topological polar surface area (TPSA) is 30.7 Å². The Morgan fingerprint density at radius 3 is 2.75 bits per heavy atom. The van der Waals surface area contributed by atoms with Crippen LogP contribution < -0.4 is 0 Å². The van der Waals surface area contributed by atoms with E-state index < -0.39 is 11.6 Å². The maximum atomic E-state index is 13.3. The fourth-order valence-electron chi connectivity index (χ4n) is 1.30. The van der Waals surface area contributed by atoms with Crippen molar-refractivity contribution in [3.8, 4) is 0 Å². The van der Waals surface area contributed by atoms with Crippen LogP contribution in [0.4, 0.5) is 8.78 Å². The monoisotopic (exact) mass is 243 g/mol. The number of benzene rings is 1. The third kappa shape index (κ3) is 2.36. The molecule has 0 radical (unpaired) electrons. The van der Waals surface area contributed by atoms with Crippen molar-refractivity contribution in [3.05, 3.63) is 47.3 Å². The van der Waals surface area contributed by atoms with Crippen LogP contribution in [0.15, 0.2) is 24.4 Å². The molecule has 2 rings (SSSR count). The SMILES string of the molecule is Fc1ccc(Cn2cc(CCl)nn2)c(F)c1. The van der Waals surface area contributed by atoms with Crippen LogP contribution >= 0.6 is 11.6 Å². The summed E-state index contributed by atoms with van der Waals surface area (Å²) in [4.78, 5) is 0. The third-order valence-electron chi connectivity index (χ3n) is 2.07. The molecule has 1 aromatic carbocycles. The van der Waals surface area contributed by atoms with Gasteiger partial charge in [-0.2, -0.15) is 0 Å². The molecule has 2 aromatic rings. The Morgan fingerprint density at radius 1 is 1.31 bits per heavy atom. The quantitative estimate of drug-likeness (QED) is 0.775. The van der Waals surface area contributed by atoms with Gasteiger partial charge in [0.2, 0.25) is 0 Å². The number of hydrogen-bond donors (Lipinski definition) is 0. The number of aromatic nitrogens is 3. The summed E-state index contributed by atoms with van der Waals surface area (Å²) in [7, 11) is 0. The van der Waals surface area contributed by atoms with Crippen molar-refractivity contribution in [2.45, 2.75) is 12.4 Å². The van der Waals surface area contributed by atoms with Crippen molar-refractivity contribution in [1.29, 1.82) is 0 Å². The minimum absolute atomic E-state index is 0.204. The Hall–Kier alpha value is -1.49. The van der Waals surface area contributed by atoms with Gasteiger partial charge < -0.3 is 0 Å². The molecule has 0 N–H and O–H groups in total. The predicted octanol–water partition coefficient (Wildman–Crippen LogP) is 2.34. The molecule has 0 saturated carbocycles. The molecule has 0 aliphatic carbocycles. The summed E-state index contributed by atoms with van der Waals surface area (Å²) in [6.45, 7) is 0.204. The van der Waals surface area contributed by atoms with Crippen LogP contribution in [0.1, 0.15) is 11.3 Å². The van der Waals surface area contributed by atoms with Gasteiger partial charge in [-0.25, -0.2) is 13.5 Å². The fourth-order valence-corrected chi connectivity index (χ4v) is 1.42. The van der Waals surface area contributed by atoms with Gasteiger partial charge in [0.25, 0.3) is 0 Å². The highest BCUT2D eigenvalue weighted by Gasteiger charge is 2.06. The molecular weight excluding hydrogens is 236 g/mol. The van der Waals surface area contributed by atoms with Crippen molar-refractivity contribution in [1.82, 2.24) is 15.0 Å². The normalized spacial score (nSPS) is 10.7. The second kappa shape index (κ2) is 4.57. The second-order valence-electron chi connectivity index (χ2n) is 3.28. The largest absolute Gasteiger partial charge is 0.248 e. The summed E-state index contributed by atoms with van der Waals surface area (Å²) in [6, 6.07) is 3.43. The van der Waals surface area contributed by atoms with E-state index in [0.29, 0.717) is 11.3 Å². The fraction of sp³-hybridized carbons (Fsp3) is 0.200. The molecule has 0 aliphatic heterocycles. The van der Waals surface area contributed by atoms with E-state index in [-0.39, 0.29) is 12.4 Å². The lowest BCUT2D eigenvalue weighted by Crippen LogP contribution is -2.03. The lowest BCUT2D eigenvalue weighted by atomic mass is 10.2. The zero-order chi connectivity index (χ0) is 11.5. The van der Waals surface area contributed by atoms with Gasteiger partial charge in [0.15, 0.2) is 0 Å². The highest BCUT2D eigenvalue weighted by Crippen LogP contribution is 2.11. The van der Waals surface area contributed by atoms with Crippen LogP contribution in [0.25, 0.3) is 0 Å². The molecule has 16 heavy (non-hydrogen) atoms. The van der Waals surface area contributed by atoms with Crippen LogP contribution in [-0.2, 0) is 12.4 Å². The molecular formula is C10H8ClF2N3. The van der Waals surface area contributed by atoms with Gasteiger partial charge in [-0.15, -0.1) is 16.7 Å². The molecule has 0 aliphatic rings. The van der Waals surface area contributed by atoms with Gasteiger partial charge in [0.1, 0.15) is 11.6 Å². The van der Waals surface area contributed by atoms with Crippen LogP contribution in [0.5, 0.6) is 0 Å². The van der Waals surface area contributed by atoms with Crippen LogP contribution in [0.3, 0.4) is 0 Å². The molecule has 0 amide bonds. The first-order valence-corrected chi connectivity index (χ1v) is 5.11. The second-order valence-corrected chi connectivity index (χ2v) is 3.54. The molecule has 0 saturated heterocycles. The minimum atomic E-state index is -0.596. The van der Waals surface area contributed by atoms with Crippen LogP contribution in [0.2, 0.25) is 0 Å². The number of nitrogens with zero attached hydrogens (tertiary/aromatic N) is 3. The molecule has 0 atom stereocenters. The summed E-state index contributed by atoms with van der Waals surface area (Å²) in [5.74, 6) is -0.935. The maximum absolute atomic E-state index is 13.3. The first-order valence-electron chi connectivity index (χ1n) is 4.58. The number of halogens is 3. The summed E-state index contributed by atoms with van der Waals surface area (Å²) >= 11 is 5.56. The number of rotatable bonds is 3. The van der Waals surface area contributed by atoms with Gasteiger partial charge in [0, 0.05) is 11.6 Å². The molecule has 1 heterocycles. The lowest BCUT2D eigenvalue weighted by Gasteiger charge is -2.02. The Balaban J connectivity index is 2.20. The molecule has 0 unspecified atom stereocenters. The Bertz CT molecular complexity index is 499. The van der Waals surface area contributed by atoms with Crippen molar-refractivity contribution in [2.24, 2.45) is 0 Å². The first-order chi connectivity index (χ1) is 7.69. The smallest absolute Gasteiger partial charge is 0.131 e. The first kappa shape index (κ1) is 11.0. The average molecular weight is 244 g/mol. The van der Waals surface area contributed by atoms with Gasteiger partial charge in [0.05, 0.1) is 24.3 Å². The average Bonchev–Trinajstić information content (AvgIpc) is 2.70. The predicted molar refractivity (Wildman–Crippen MR) is 55.0 cm³/mol. The maximum Gasteiger partial charge on any atom is 0.131 e. The Kier molecular flexibility index (Phi) is 3.14. The van der Waals surface area contributed by atoms with Gasteiger partial charge in [-0.05, 0) is 6.07 Å². The molecule has 84 valence electrons. The summed E-state index contributed by atoms with van der Waals surface area (Å²) in [6.07, 6.45) is 1.62. The van der Waals surface area contributed by atoms with Gasteiger partial charge in [-0.3, -0.25) is 0 Å². The third-order valence-corrected chi connectivity index (χ3v) is 2.34. The van der Waals surface area contributed by atoms with E-state index in [2.05, 4.69) is 10.3 Å². The zero-order valence-electron chi connectivity index (χ0n) is 8.20. The van der Waals surface area contributed by atoms with E-state index in [9.17, 15) is 8.78 Å². The minimum Gasteiger partial charge on any atom is -0.248 e. The van der Waals surface area contributed by atoms with Gasteiger partial charge in [-0.1, -0.05) is 11.3 Å². The van der Waals surface area contributed by atoms with E-state index in [1.807, 2.05) is 0 Å². The highest BCUT2D eigenvalue weighted by atomic mass is 35.5. The van der Waals surface area contributed by atoms with E-state index in [1.54, 1.807) is 6.20 Å². The summed E-state index contributed by atoms with van der Waals surface area (Å²) < 4.78 is 27.4. The van der Waals surface area contributed by atoms with E-state index in [0.717, 1.165) is 6.07 Å². The van der Waals surface area contributed by atoms with Crippen LogP contribution in [0, 0.1) is 11.6 Å². The molecule has 3 nitrogen and oxygen atoms in total. The number of alkyl halides is 1. The zero-order valence-corrected chi connectivity index (χ0v) is 8.96. The van der Waals surface area contributed by atoms with Crippen molar-refractivity contribution < 1.29 is 8.78 Å². The van der Waals surface area contributed by atoms with E-state index in [1.165, 1.54) is 16.8 Å². The summed E-state index contributed by atoms with van der Waals surface area (Å²) in [5.41, 5.74) is 0.969. The molecule has 1 aromatic heterocycles. The standard InChI is InChI=1S/C10H8ClF2N3/c11-4-9-6-16(15-14-9)5-7-1-2-8(12)3-10(7)13/h1-3,6H,4-5H2. The van der Waals surface area contributed by atoms with Crippen molar-refractivity contribution in [2.75, 3.05) is 0 Å². The number of hydrogen-bond acceptors (Lipinski definition) is 2. The highest BCUT2D eigenvalue weighted by molar-refractivity contribution is 6.16. The molecule has 6 heteroatoms. The van der Waals surface area contributed by atoms with Crippen molar-refractivity contribution >= 4 is 11.6 Å². The Labute approximate surface area is 95.6 Å². The van der Waals surface area contributed by atoms with Crippen LogP contribution in [-0.4, -0.2) is 15.0 Å². The molecule has 0 fully saturated rings. The van der Waals surface area contributed by atoms with Crippen molar-refractivity contribution in [3.63, 3.8) is 0 Å². The summed E-state index contributed by atoms with van der Waals surface area (Å²) in [5, 5.41) is 7.53.